The van der Waals surface area contributed by atoms with Gasteiger partial charge in [-0.05, 0) is 37.8 Å². The lowest BCUT2D eigenvalue weighted by Gasteiger charge is -2.30. The van der Waals surface area contributed by atoms with Gasteiger partial charge in [-0.1, -0.05) is 36.8 Å². The molecule has 1 aliphatic rings. The van der Waals surface area contributed by atoms with Crippen LogP contribution in [0, 0.1) is 5.92 Å². The summed E-state index contributed by atoms with van der Waals surface area (Å²) < 4.78 is 0. The van der Waals surface area contributed by atoms with E-state index in [1.165, 1.54) is 37.8 Å². The second-order valence-electron chi connectivity index (χ2n) is 5.48. The van der Waals surface area contributed by atoms with Crippen molar-refractivity contribution in [2.24, 2.45) is 11.7 Å². The molecule has 94 valence electrons. The Hall–Kier alpha value is -0.860. The highest BCUT2D eigenvalue weighted by Gasteiger charge is 2.20. The fourth-order valence-electron chi connectivity index (χ4n) is 2.90. The van der Waals surface area contributed by atoms with Crippen molar-refractivity contribution in [1.82, 2.24) is 4.90 Å². The molecule has 1 aliphatic carbocycles. The number of benzene rings is 1. The summed E-state index contributed by atoms with van der Waals surface area (Å²) in [6, 6.07) is 11.1. The molecule has 0 heterocycles. The fourth-order valence-corrected chi connectivity index (χ4v) is 2.90. The van der Waals surface area contributed by atoms with E-state index >= 15 is 0 Å². The molecule has 0 radical (unpaired) electrons. The molecule has 2 unspecified atom stereocenters. The van der Waals surface area contributed by atoms with Crippen molar-refractivity contribution in [3.63, 3.8) is 0 Å². The van der Waals surface area contributed by atoms with Gasteiger partial charge in [-0.2, -0.15) is 0 Å². The molecular weight excluding hydrogens is 208 g/mol. The smallest absolute Gasteiger partial charge is 0.0230 e. The van der Waals surface area contributed by atoms with Crippen LogP contribution in [-0.4, -0.2) is 24.5 Å². The molecule has 0 aliphatic heterocycles. The van der Waals surface area contributed by atoms with Crippen LogP contribution in [0.25, 0.3) is 0 Å². The Balaban J connectivity index is 1.79. The van der Waals surface area contributed by atoms with Crippen LogP contribution in [0.3, 0.4) is 0 Å². The van der Waals surface area contributed by atoms with E-state index in [9.17, 15) is 0 Å². The lowest BCUT2D eigenvalue weighted by atomic mass is 9.86. The molecule has 0 saturated heterocycles. The van der Waals surface area contributed by atoms with E-state index in [2.05, 4.69) is 42.3 Å². The van der Waals surface area contributed by atoms with Crippen LogP contribution in [0.5, 0.6) is 0 Å². The predicted molar refractivity (Wildman–Crippen MR) is 72.7 cm³/mol. The van der Waals surface area contributed by atoms with E-state index in [4.69, 9.17) is 5.73 Å². The molecule has 0 amide bonds. The summed E-state index contributed by atoms with van der Waals surface area (Å²) in [6.07, 6.45) is 5.09. The number of nitrogens with zero attached hydrogens (tertiary/aromatic N) is 1. The first kappa shape index (κ1) is 12.6. The van der Waals surface area contributed by atoms with E-state index in [0.29, 0.717) is 6.04 Å². The van der Waals surface area contributed by atoms with Gasteiger partial charge in [0.25, 0.3) is 0 Å². The third kappa shape index (κ3) is 4.14. The van der Waals surface area contributed by atoms with Crippen molar-refractivity contribution in [2.45, 2.75) is 38.3 Å². The first-order chi connectivity index (χ1) is 8.24. The third-order valence-electron chi connectivity index (χ3n) is 3.69. The van der Waals surface area contributed by atoms with Gasteiger partial charge in [-0.15, -0.1) is 0 Å². The summed E-state index contributed by atoms with van der Waals surface area (Å²) in [5.41, 5.74) is 7.43. The quantitative estimate of drug-likeness (QED) is 0.864. The van der Waals surface area contributed by atoms with Crippen LogP contribution in [0.2, 0.25) is 0 Å². The topological polar surface area (TPSA) is 29.3 Å². The summed E-state index contributed by atoms with van der Waals surface area (Å²) in [5.74, 6) is 0.799. The van der Waals surface area contributed by atoms with Gasteiger partial charge in [-0.25, -0.2) is 0 Å². The lowest BCUT2D eigenvalue weighted by Crippen LogP contribution is -2.34. The van der Waals surface area contributed by atoms with Crippen LogP contribution in [-0.2, 0) is 6.54 Å². The monoisotopic (exact) mass is 232 g/mol. The second kappa shape index (κ2) is 6.18. The Labute approximate surface area is 105 Å². The summed E-state index contributed by atoms with van der Waals surface area (Å²) in [7, 11) is 2.22. The van der Waals surface area contributed by atoms with Crippen LogP contribution < -0.4 is 5.73 Å². The predicted octanol–water partition coefficient (Wildman–Crippen LogP) is 2.64. The van der Waals surface area contributed by atoms with E-state index in [-0.39, 0.29) is 0 Å². The largest absolute Gasteiger partial charge is 0.328 e. The van der Waals surface area contributed by atoms with Gasteiger partial charge in [0.15, 0.2) is 0 Å². The Bertz CT molecular complexity index is 323. The Morgan fingerprint density at radius 1 is 1.24 bits per heavy atom. The average molecular weight is 232 g/mol. The first-order valence-corrected chi connectivity index (χ1v) is 6.72. The maximum atomic E-state index is 6.03. The number of nitrogens with two attached hydrogens (primary N) is 1. The van der Waals surface area contributed by atoms with Gasteiger partial charge in [-0.3, -0.25) is 0 Å². The number of hydrogen-bond donors (Lipinski definition) is 1. The molecule has 2 N–H and O–H groups in total. The van der Waals surface area contributed by atoms with E-state index in [1.54, 1.807) is 0 Å². The molecule has 0 spiro atoms. The lowest BCUT2D eigenvalue weighted by molar-refractivity contribution is 0.216. The highest BCUT2D eigenvalue weighted by molar-refractivity contribution is 5.14. The van der Waals surface area contributed by atoms with Gasteiger partial charge < -0.3 is 10.6 Å². The zero-order valence-electron chi connectivity index (χ0n) is 10.8. The molecule has 0 aromatic heterocycles. The Kier molecular flexibility index (Phi) is 4.57. The average Bonchev–Trinajstić information content (AvgIpc) is 2.30. The van der Waals surface area contributed by atoms with Crippen molar-refractivity contribution < 1.29 is 0 Å². The maximum Gasteiger partial charge on any atom is 0.0230 e. The van der Waals surface area contributed by atoms with Gasteiger partial charge in [0.2, 0.25) is 0 Å². The Morgan fingerprint density at radius 3 is 2.71 bits per heavy atom. The fraction of sp³-hybridized carbons (Fsp3) is 0.600. The Morgan fingerprint density at radius 2 is 2.00 bits per heavy atom. The van der Waals surface area contributed by atoms with Crippen molar-refractivity contribution in [2.75, 3.05) is 13.6 Å². The number of hydrogen-bond acceptors (Lipinski definition) is 2. The zero-order chi connectivity index (χ0) is 12.1. The highest BCUT2D eigenvalue weighted by Crippen LogP contribution is 2.23. The molecule has 1 saturated carbocycles. The van der Waals surface area contributed by atoms with E-state index < -0.39 is 0 Å². The summed E-state index contributed by atoms with van der Waals surface area (Å²) in [5, 5.41) is 0. The van der Waals surface area contributed by atoms with Crippen molar-refractivity contribution >= 4 is 0 Å². The normalized spacial score (nSPS) is 25.1. The molecule has 1 aromatic carbocycles. The zero-order valence-corrected chi connectivity index (χ0v) is 10.8. The molecule has 0 bridgehead atoms. The van der Waals surface area contributed by atoms with Crippen LogP contribution in [0.1, 0.15) is 31.2 Å². The van der Waals surface area contributed by atoms with E-state index in [0.717, 1.165) is 12.5 Å². The molecule has 1 aromatic rings. The minimum Gasteiger partial charge on any atom is -0.328 e. The molecule has 2 nitrogen and oxygen atoms in total. The second-order valence-corrected chi connectivity index (χ2v) is 5.48. The van der Waals surface area contributed by atoms with Gasteiger partial charge in [0, 0.05) is 19.1 Å². The summed E-state index contributed by atoms with van der Waals surface area (Å²) in [6.45, 7) is 2.23. The molecule has 2 rings (SSSR count). The maximum absolute atomic E-state index is 6.03. The van der Waals surface area contributed by atoms with Gasteiger partial charge in [0.05, 0.1) is 0 Å². The highest BCUT2D eigenvalue weighted by atomic mass is 15.1. The van der Waals surface area contributed by atoms with Gasteiger partial charge >= 0.3 is 0 Å². The van der Waals surface area contributed by atoms with Crippen LogP contribution >= 0.6 is 0 Å². The van der Waals surface area contributed by atoms with Crippen LogP contribution in [0.15, 0.2) is 30.3 Å². The third-order valence-corrected chi connectivity index (χ3v) is 3.69. The van der Waals surface area contributed by atoms with Crippen molar-refractivity contribution in [3.05, 3.63) is 35.9 Å². The molecular formula is C15H24N2. The molecule has 2 atom stereocenters. The van der Waals surface area contributed by atoms with Gasteiger partial charge in [0.1, 0.15) is 0 Å². The standard InChI is InChI=1S/C15H24N2/c1-17(11-13-6-3-2-4-7-13)12-14-8-5-9-15(16)10-14/h2-4,6-7,14-15H,5,8-12,16H2,1H3. The van der Waals surface area contributed by atoms with Crippen molar-refractivity contribution in [1.29, 1.82) is 0 Å². The SMILES string of the molecule is CN(Cc1ccccc1)CC1CCCC(N)C1. The molecule has 2 heteroatoms. The summed E-state index contributed by atoms with van der Waals surface area (Å²) in [4.78, 5) is 2.43. The first-order valence-electron chi connectivity index (χ1n) is 6.72. The molecule has 17 heavy (non-hydrogen) atoms. The van der Waals surface area contributed by atoms with Crippen molar-refractivity contribution in [3.8, 4) is 0 Å². The minimum atomic E-state index is 0.443. The molecule has 1 fully saturated rings. The minimum absolute atomic E-state index is 0.443. The number of rotatable bonds is 4. The van der Waals surface area contributed by atoms with Crippen LogP contribution in [0.4, 0.5) is 0 Å². The summed E-state index contributed by atoms with van der Waals surface area (Å²) >= 11 is 0. The van der Waals surface area contributed by atoms with E-state index in [1.807, 2.05) is 0 Å².